The van der Waals surface area contributed by atoms with Crippen LogP contribution in [0.4, 0.5) is 5.69 Å². The van der Waals surface area contributed by atoms with Crippen LogP contribution in [0.1, 0.15) is 7.43 Å². The Morgan fingerprint density at radius 3 is 2.50 bits per heavy atom. The Morgan fingerprint density at radius 1 is 1.00 bits per heavy atom. The fourth-order valence-electron chi connectivity index (χ4n) is 1.35. The molecule has 0 bridgehead atoms. The lowest BCUT2D eigenvalue weighted by atomic mass is 10.1. The van der Waals surface area contributed by atoms with Gasteiger partial charge in [0.15, 0.2) is 0 Å². The Bertz CT molecular complexity index is 479. The first-order chi connectivity index (χ1) is 6.42. The summed E-state index contributed by atoms with van der Waals surface area (Å²) < 4.78 is 0. The number of fused-ring (bicyclic) bond motifs is 1. The lowest BCUT2D eigenvalue weighted by Crippen LogP contribution is -1.71. The number of benzene rings is 2. The van der Waals surface area contributed by atoms with E-state index in [9.17, 15) is 4.79 Å². The molecule has 0 atom stereocenters. The normalized spacial score (nSPS) is 8.86. The molecule has 0 fully saturated rings. The van der Waals surface area contributed by atoms with Crippen LogP contribution in [-0.4, -0.2) is 6.08 Å². The molecular formula is C12H11NO. The maximum absolute atomic E-state index is 10.1. The van der Waals surface area contributed by atoms with Gasteiger partial charge in [-0.05, 0) is 11.5 Å². The number of isocyanates is 1. The molecular weight excluding hydrogens is 174 g/mol. The topological polar surface area (TPSA) is 29.4 Å². The van der Waals surface area contributed by atoms with Gasteiger partial charge in [-0.3, -0.25) is 0 Å². The number of nitrogens with zero attached hydrogens (tertiary/aromatic N) is 1. The van der Waals surface area contributed by atoms with Gasteiger partial charge in [0.2, 0.25) is 6.08 Å². The molecule has 0 heterocycles. The van der Waals surface area contributed by atoms with Gasteiger partial charge < -0.3 is 0 Å². The Labute approximate surface area is 82.9 Å². The van der Waals surface area contributed by atoms with Crippen molar-refractivity contribution < 1.29 is 4.79 Å². The SMILES string of the molecule is C.O=C=Nc1cccc2ccccc12. The summed E-state index contributed by atoms with van der Waals surface area (Å²) in [5.41, 5.74) is 0.674. The molecule has 0 radical (unpaired) electrons. The number of rotatable bonds is 1. The average Bonchev–Trinajstić information content (AvgIpc) is 2.19. The van der Waals surface area contributed by atoms with E-state index < -0.39 is 0 Å². The number of hydrogen-bond donors (Lipinski definition) is 0. The summed E-state index contributed by atoms with van der Waals surface area (Å²) in [4.78, 5) is 13.8. The van der Waals surface area contributed by atoms with Crippen LogP contribution in [0.25, 0.3) is 10.8 Å². The van der Waals surface area contributed by atoms with Crippen LogP contribution >= 0.6 is 0 Å². The Balaban J connectivity index is 0.000000980. The van der Waals surface area contributed by atoms with E-state index in [0.717, 1.165) is 10.8 Å². The zero-order valence-corrected chi connectivity index (χ0v) is 6.90. The van der Waals surface area contributed by atoms with Crippen molar-refractivity contribution in [2.45, 2.75) is 7.43 Å². The summed E-state index contributed by atoms with van der Waals surface area (Å²) in [6, 6.07) is 13.5. The fourth-order valence-corrected chi connectivity index (χ4v) is 1.35. The zero-order valence-electron chi connectivity index (χ0n) is 6.90. The first kappa shape index (κ1) is 10.2. The van der Waals surface area contributed by atoms with Crippen molar-refractivity contribution >= 4 is 22.5 Å². The molecule has 2 aromatic carbocycles. The van der Waals surface area contributed by atoms with Crippen LogP contribution in [0.5, 0.6) is 0 Å². The number of hydrogen-bond acceptors (Lipinski definition) is 2. The number of aliphatic imine (C=N–C) groups is 1. The van der Waals surface area contributed by atoms with E-state index >= 15 is 0 Å². The van der Waals surface area contributed by atoms with Crippen LogP contribution in [0.2, 0.25) is 0 Å². The Morgan fingerprint density at radius 2 is 1.71 bits per heavy atom. The summed E-state index contributed by atoms with van der Waals surface area (Å²) in [5.74, 6) is 0. The van der Waals surface area contributed by atoms with Crippen LogP contribution in [0.15, 0.2) is 47.5 Å². The molecule has 0 aliphatic carbocycles. The first-order valence-corrected chi connectivity index (χ1v) is 3.97. The summed E-state index contributed by atoms with van der Waals surface area (Å²) in [7, 11) is 0. The highest BCUT2D eigenvalue weighted by atomic mass is 16.1. The summed E-state index contributed by atoms with van der Waals surface area (Å²) in [6.45, 7) is 0. The van der Waals surface area contributed by atoms with E-state index in [2.05, 4.69) is 4.99 Å². The number of carbonyl (C=O) groups excluding carboxylic acids is 1. The first-order valence-electron chi connectivity index (χ1n) is 3.97. The predicted molar refractivity (Wildman–Crippen MR) is 58.5 cm³/mol. The predicted octanol–water partition coefficient (Wildman–Crippen LogP) is 3.44. The lowest BCUT2D eigenvalue weighted by Gasteiger charge is -1.98. The summed E-state index contributed by atoms with van der Waals surface area (Å²) >= 11 is 0. The van der Waals surface area contributed by atoms with Gasteiger partial charge >= 0.3 is 0 Å². The van der Waals surface area contributed by atoms with Crippen LogP contribution in [-0.2, 0) is 4.79 Å². The van der Waals surface area contributed by atoms with E-state index in [1.807, 2.05) is 36.4 Å². The molecule has 0 unspecified atom stereocenters. The maximum atomic E-state index is 10.1. The van der Waals surface area contributed by atoms with Gasteiger partial charge in [-0.25, -0.2) is 4.79 Å². The van der Waals surface area contributed by atoms with Gasteiger partial charge in [0.05, 0.1) is 5.69 Å². The van der Waals surface area contributed by atoms with E-state index in [1.165, 1.54) is 0 Å². The van der Waals surface area contributed by atoms with Crippen molar-refractivity contribution in [1.29, 1.82) is 0 Å². The van der Waals surface area contributed by atoms with Gasteiger partial charge in [-0.1, -0.05) is 43.8 Å². The van der Waals surface area contributed by atoms with Gasteiger partial charge in [0.25, 0.3) is 0 Å². The van der Waals surface area contributed by atoms with E-state index in [0.29, 0.717) is 5.69 Å². The largest absolute Gasteiger partial charge is 0.240 e. The quantitative estimate of drug-likeness (QED) is 0.494. The van der Waals surface area contributed by atoms with Gasteiger partial charge in [-0.2, -0.15) is 4.99 Å². The van der Waals surface area contributed by atoms with E-state index in [4.69, 9.17) is 0 Å². The third-order valence-electron chi connectivity index (χ3n) is 1.93. The molecule has 0 N–H and O–H groups in total. The highest BCUT2D eigenvalue weighted by Gasteiger charge is 1.96. The highest BCUT2D eigenvalue weighted by molar-refractivity contribution is 5.92. The standard InChI is InChI=1S/C11H7NO.CH4/c13-8-12-11-7-3-5-9-4-1-2-6-10(9)11;/h1-7H;1H4. The van der Waals surface area contributed by atoms with Crippen molar-refractivity contribution in [3.63, 3.8) is 0 Å². The second kappa shape index (κ2) is 4.35. The smallest absolute Gasteiger partial charge is 0.211 e. The average molecular weight is 185 g/mol. The molecule has 2 aromatic rings. The van der Waals surface area contributed by atoms with E-state index in [-0.39, 0.29) is 7.43 Å². The molecule has 2 nitrogen and oxygen atoms in total. The summed E-state index contributed by atoms with van der Waals surface area (Å²) in [5, 5.41) is 2.06. The second-order valence-corrected chi connectivity index (χ2v) is 2.70. The monoisotopic (exact) mass is 185 g/mol. The van der Waals surface area contributed by atoms with Crippen molar-refractivity contribution in [2.75, 3.05) is 0 Å². The Hall–Kier alpha value is -1.92. The third-order valence-corrected chi connectivity index (χ3v) is 1.93. The molecule has 2 rings (SSSR count). The molecule has 0 aliphatic heterocycles. The van der Waals surface area contributed by atoms with Crippen LogP contribution in [0.3, 0.4) is 0 Å². The highest BCUT2D eigenvalue weighted by Crippen LogP contribution is 2.24. The third kappa shape index (κ3) is 1.70. The Kier molecular flexibility index (Phi) is 3.16. The molecule has 0 aromatic heterocycles. The lowest BCUT2D eigenvalue weighted by molar-refractivity contribution is 0.565. The molecule has 0 aliphatic rings. The van der Waals surface area contributed by atoms with Gasteiger partial charge in [-0.15, -0.1) is 0 Å². The van der Waals surface area contributed by atoms with Crippen molar-refractivity contribution in [2.24, 2.45) is 4.99 Å². The minimum Gasteiger partial charge on any atom is -0.211 e. The zero-order chi connectivity index (χ0) is 9.10. The van der Waals surface area contributed by atoms with Crippen LogP contribution in [0, 0.1) is 0 Å². The van der Waals surface area contributed by atoms with E-state index in [1.54, 1.807) is 12.1 Å². The molecule has 2 heteroatoms. The maximum Gasteiger partial charge on any atom is 0.240 e. The molecule has 0 spiro atoms. The molecule has 0 saturated carbocycles. The molecule has 0 saturated heterocycles. The van der Waals surface area contributed by atoms with Crippen molar-refractivity contribution in [3.8, 4) is 0 Å². The summed E-state index contributed by atoms with van der Waals surface area (Å²) in [6.07, 6.45) is 1.55. The van der Waals surface area contributed by atoms with Crippen molar-refractivity contribution in [3.05, 3.63) is 42.5 Å². The van der Waals surface area contributed by atoms with Gasteiger partial charge in [0.1, 0.15) is 0 Å². The molecule has 14 heavy (non-hydrogen) atoms. The van der Waals surface area contributed by atoms with Gasteiger partial charge in [0, 0.05) is 5.39 Å². The van der Waals surface area contributed by atoms with Crippen LogP contribution < -0.4 is 0 Å². The molecule has 0 amide bonds. The fraction of sp³-hybridized carbons (Fsp3) is 0.0833. The minimum absolute atomic E-state index is 0. The van der Waals surface area contributed by atoms with Crippen molar-refractivity contribution in [1.82, 2.24) is 0 Å². The minimum atomic E-state index is 0. The second-order valence-electron chi connectivity index (χ2n) is 2.70. The molecule has 70 valence electrons.